The van der Waals surface area contributed by atoms with E-state index in [4.69, 9.17) is 20.8 Å². The SMILES string of the molecule is CC(C)(C)OC(=O)NCc1nnc(SCc2ccc(Cl)cc2)o1. The first-order valence-electron chi connectivity index (χ1n) is 6.98. The molecule has 1 N–H and O–H groups in total. The Balaban J connectivity index is 1.79. The highest BCUT2D eigenvalue weighted by molar-refractivity contribution is 7.98. The zero-order valence-corrected chi connectivity index (χ0v) is 14.7. The van der Waals surface area contributed by atoms with Crippen molar-refractivity contribution in [1.29, 1.82) is 0 Å². The average Bonchev–Trinajstić information content (AvgIpc) is 2.91. The summed E-state index contributed by atoms with van der Waals surface area (Å²) >= 11 is 7.26. The van der Waals surface area contributed by atoms with Gasteiger partial charge < -0.3 is 14.5 Å². The molecule has 1 aromatic carbocycles. The summed E-state index contributed by atoms with van der Waals surface area (Å²) in [5, 5.41) is 11.5. The summed E-state index contributed by atoms with van der Waals surface area (Å²) < 4.78 is 10.6. The predicted octanol–water partition coefficient (Wildman–Crippen LogP) is 4.04. The first kappa shape index (κ1) is 17.6. The van der Waals surface area contributed by atoms with Crippen molar-refractivity contribution in [3.8, 4) is 0 Å². The van der Waals surface area contributed by atoms with E-state index in [2.05, 4.69) is 15.5 Å². The topological polar surface area (TPSA) is 77.2 Å². The van der Waals surface area contributed by atoms with Crippen LogP contribution in [0.5, 0.6) is 0 Å². The van der Waals surface area contributed by atoms with Crippen LogP contribution in [-0.2, 0) is 17.0 Å². The Morgan fingerprint density at radius 3 is 2.65 bits per heavy atom. The van der Waals surface area contributed by atoms with Crippen molar-refractivity contribution in [2.24, 2.45) is 0 Å². The van der Waals surface area contributed by atoms with Gasteiger partial charge in [-0.15, -0.1) is 10.2 Å². The van der Waals surface area contributed by atoms with Crippen LogP contribution in [0.2, 0.25) is 5.02 Å². The number of carbonyl (C=O) groups is 1. The quantitative estimate of drug-likeness (QED) is 0.815. The monoisotopic (exact) mass is 355 g/mol. The van der Waals surface area contributed by atoms with Crippen molar-refractivity contribution < 1.29 is 13.9 Å². The number of halogens is 1. The number of amides is 1. The summed E-state index contributed by atoms with van der Waals surface area (Å²) in [5.74, 6) is 1.02. The van der Waals surface area contributed by atoms with Gasteiger partial charge in [-0.3, -0.25) is 0 Å². The number of alkyl carbamates (subject to hydrolysis) is 1. The largest absolute Gasteiger partial charge is 0.444 e. The van der Waals surface area contributed by atoms with Crippen molar-refractivity contribution in [3.63, 3.8) is 0 Å². The summed E-state index contributed by atoms with van der Waals surface area (Å²) in [6.07, 6.45) is -0.522. The van der Waals surface area contributed by atoms with Crippen LogP contribution in [0.25, 0.3) is 0 Å². The fraction of sp³-hybridized carbons (Fsp3) is 0.400. The number of ether oxygens (including phenoxy) is 1. The Morgan fingerprint density at radius 2 is 2.00 bits per heavy atom. The highest BCUT2D eigenvalue weighted by Gasteiger charge is 2.16. The zero-order chi connectivity index (χ0) is 16.9. The molecule has 0 fully saturated rings. The summed E-state index contributed by atoms with van der Waals surface area (Å²) in [6.45, 7) is 5.52. The van der Waals surface area contributed by atoms with Gasteiger partial charge in [0.2, 0.25) is 5.89 Å². The Bertz CT molecular complexity index is 653. The number of benzene rings is 1. The van der Waals surface area contributed by atoms with Crippen molar-refractivity contribution in [2.45, 2.75) is 43.9 Å². The molecule has 2 aromatic rings. The van der Waals surface area contributed by atoms with Crippen molar-refractivity contribution in [2.75, 3.05) is 0 Å². The van der Waals surface area contributed by atoms with Crippen molar-refractivity contribution in [1.82, 2.24) is 15.5 Å². The molecule has 124 valence electrons. The molecule has 0 unspecified atom stereocenters. The van der Waals surface area contributed by atoms with E-state index in [9.17, 15) is 4.79 Å². The molecule has 1 amide bonds. The van der Waals surface area contributed by atoms with Crippen LogP contribution in [-0.4, -0.2) is 21.9 Å². The van der Waals surface area contributed by atoms with Gasteiger partial charge in [-0.1, -0.05) is 35.5 Å². The van der Waals surface area contributed by atoms with Gasteiger partial charge in [0, 0.05) is 10.8 Å². The molecule has 23 heavy (non-hydrogen) atoms. The number of nitrogens with one attached hydrogen (secondary N) is 1. The van der Waals surface area contributed by atoms with Gasteiger partial charge in [-0.05, 0) is 38.5 Å². The molecule has 1 heterocycles. The lowest BCUT2D eigenvalue weighted by molar-refractivity contribution is 0.0518. The average molecular weight is 356 g/mol. The third kappa shape index (κ3) is 6.50. The van der Waals surface area contributed by atoms with E-state index >= 15 is 0 Å². The van der Waals surface area contributed by atoms with E-state index in [-0.39, 0.29) is 6.54 Å². The van der Waals surface area contributed by atoms with Crippen LogP contribution in [0.4, 0.5) is 4.79 Å². The van der Waals surface area contributed by atoms with Gasteiger partial charge in [-0.25, -0.2) is 4.79 Å². The number of hydrogen-bond acceptors (Lipinski definition) is 6. The van der Waals surface area contributed by atoms with E-state index in [1.165, 1.54) is 11.8 Å². The lowest BCUT2D eigenvalue weighted by atomic mass is 10.2. The highest BCUT2D eigenvalue weighted by atomic mass is 35.5. The third-order valence-electron chi connectivity index (χ3n) is 2.51. The minimum Gasteiger partial charge on any atom is -0.444 e. The van der Waals surface area contributed by atoms with Gasteiger partial charge in [-0.2, -0.15) is 0 Å². The van der Waals surface area contributed by atoms with E-state index in [1.54, 1.807) is 20.8 Å². The van der Waals surface area contributed by atoms with Gasteiger partial charge in [0.15, 0.2) is 0 Å². The summed E-state index contributed by atoms with van der Waals surface area (Å²) in [7, 11) is 0. The number of carbonyl (C=O) groups excluding carboxylic acids is 1. The molecule has 0 bridgehead atoms. The Kier molecular flexibility index (Phi) is 5.90. The smallest absolute Gasteiger partial charge is 0.408 e. The number of aromatic nitrogens is 2. The number of nitrogens with zero attached hydrogens (tertiary/aromatic N) is 2. The van der Waals surface area contributed by atoms with Crippen molar-refractivity contribution in [3.05, 3.63) is 40.7 Å². The maximum absolute atomic E-state index is 11.5. The molecule has 0 saturated carbocycles. The molecule has 1 aromatic heterocycles. The Morgan fingerprint density at radius 1 is 1.30 bits per heavy atom. The van der Waals surface area contributed by atoms with E-state index in [0.717, 1.165) is 5.56 Å². The molecule has 0 saturated heterocycles. The van der Waals surface area contributed by atoms with Crippen LogP contribution in [0, 0.1) is 0 Å². The van der Waals surface area contributed by atoms with Crippen LogP contribution in [0.15, 0.2) is 33.9 Å². The maximum Gasteiger partial charge on any atom is 0.408 e. The molecule has 0 aliphatic rings. The molecular weight excluding hydrogens is 338 g/mol. The third-order valence-corrected chi connectivity index (χ3v) is 3.65. The second-order valence-electron chi connectivity index (χ2n) is 5.73. The lowest BCUT2D eigenvalue weighted by Crippen LogP contribution is -2.32. The molecule has 0 atom stereocenters. The van der Waals surface area contributed by atoms with Crippen LogP contribution in [0.1, 0.15) is 32.2 Å². The molecule has 6 nitrogen and oxygen atoms in total. The minimum absolute atomic E-state index is 0.128. The van der Waals surface area contributed by atoms with Crippen LogP contribution >= 0.6 is 23.4 Å². The standard InChI is InChI=1S/C15H18ClN3O3S/c1-15(2,3)22-13(20)17-8-12-18-19-14(21-12)23-9-10-4-6-11(16)7-5-10/h4-7H,8-9H2,1-3H3,(H,17,20). The number of hydrogen-bond donors (Lipinski definition) is 1. The molecule has 2 rings (SSSR count). The molecule has 8 heteroatoms. The first-order chi connectivity index (χ1) is 10.8. The van der Waals surface area contributed by atoms with Crippen molar-refractivity contribution >= 4 is 29.5 Å². The fourth-order valence-corrected chi connectivity index (χ4v) is 2.42. The van der Waals surface area contributed by atoms with Gasteiger partial charge >= 0.3 is 6.09 Å². The maximum atomic E-state index is 11.5. The fourth-order valence-electron chi connectivity index (χ4n) is 1.56. The molecule has 0 radical (unpaired) electrons. The van der Waals surface area contributed by atoms with Gasteiger partial charge in [0.25, 0.3) is 5.22 Å². The van der Waals surface area contributed by atoms with E-state index < -0.39 is 11.7 Å². The van der Waals surface area contributed by atoms with E-state index in [0.29, 0.717) is 21.9 Å². The first-order valence-corrected chi connectivity index (χ1v) is 8.35. The molecule has 0 spiro atoms. The van der Waals surface area contributed by atoms with Crippen LogP contribution in [0.3, 0.4) is 0 Å². The van der Waals surface area contributed by atoms with Gasteiger partial charge in [0.05, 0.1) is 6.54 Å². The van der Waals surface area contributed by atoms with Crippen LogP contribution < -0.4 is 5.32 Å². The molecule has 0 aliphatic carbocycles. The molecular formula is C15H18ClN3O3S. The Hall–Kier alpha value is -1.73. The molecule has 0 aliphatic heterocycles. The number of rotatable bonds is 5. The summed E-state index contributed by atoms with van der Waals surface area (Å²) in [6, 6.07) is 7.55. The number of thioether (sulfide) groups is 1. The summed E-state index contributed by atoms with van der Waals surface area (Å²) in [4.78, 5) is 11.5. The normalized spacial score (nSPS) is 11.3. The highest BCUT2D eigenvalue weighted by Crippen LogP contribution is 2.22. The second kappa shape index (κ2) is 7.70. The second-order valence-corrected chi connectivity index (χ2v) is 7.10. The predicted molar refractivity (Wildman–Crippen MR) is 88.4 cm³/mol. The van der Waals surface area contributed by atoms with E-state index in [1.807, 2.05) is 24.3 Å². The summed E-state index contributed by atoms with van der Waals surface area (Å²) in [5.41, 5.74) is 0.560. The Labute approximate surface area is 143 Å². The lowest BCUT2D eigenvalue weighted by Gasteiger charge is -2.19. The zero-order valence-electron chi connectivity index (χ0n) is 13.1. The van der Waals surface area contributed by atoms with Gasteiger partial charge in [0.1, 0.15) is 5.60 Å². The minimum atomic E-state index is -0.543.